The first kappa shape index (κ1) is 14.8. The summed E-state index contributed by atoms with van der Waals surface area (Å²) in [5.41, 5.74) is 1.31. The molecule has 0 fully saturated rings. The van der Waals surface area contributed by atoms with Crippen LogP contribution in [0.1, 0.15) is 10.4 Å². The molecule has 0 saturated carbocycles. The number of para-hydroxylation sites is 1. The highest BCUT2D eigenvalue weighted by atomic mass is 16.5. The molecular formula is C17H10N5O3-. The Morgan fingerprint density at radius 3 is 2.64 bits per heavy atom. The molecular weight excluding hydrogens is 322 g/mol. The highest BCUT2D eigenvalue weighted by Gasteiger charge is 2.13. The maximum atomic E-state index is 10.8. The second-order valence-corrected chi connectivity index (χ2v) is 5.14. The van der Waals surface area contributed by atoms with Crippen LogP contribution in [0.25, 0.3) is 16.6 Å². The van der Waals surface area contributed by atoms with E-state index >= 15 is 0 Å². The van der Waals surface area contributed by atoms with E-state index in [4.69, 9.17) is 4.74 Å². The summed E-state index contributed by atoms with van der Waals surface area (Å²) in [6.45, 7) is 0. The van der Waals surface area contributed by atoms with Crippen LogP contribution in [0.5, 0.6) is 11.8 Å². The lowest BCUT2D eigenvalue weighted by molar-refractivity contribution is -0.255. The Morgan fingerprint density at radius 2 is 1.84 bits per heavy atom. The van der Waals surface area contributed by atoms with Crippen LogP contribution < -0.4 is 9.84 Å². The van der Waals surface area contributed by atoms with Gasteiger partial charge in [0.2, 0.25) is 0 Å². The number of benzene rings is 2. The Labute approximate surface area is 141 Å². The van der Waals surface area contributed by atoms with E-state index in [0.29, 0.717) is 17.0 Å². The van der Waals surface area contributed by atoms with Gasteiger partial charge in [-0.2, -0.15) is 4.68 Å². The van der Waals surface area contributed by atoms with Gasteiger partial charge in [0.05, 0.1) is 11.7 Å². The predicted molar refractivity (Wildman–Crippen MR) is 85.3 cm³/mol. The summed E-state index contributed by atoms with van der Waals surface area (Å²) in [5.74, 6) is -0.734. The van der Waals surface area contributed by atoms with Crippen LogP contribution in [0.3, 0.4) is 0 Å². The maximum absolute atomic E-state index is 10.8. The van der Waals surface area contributed by atoms with Crippen molar-refractivity contribution in [3.05, 3.63) is 66.4 Å². The van der Waals surface area contributed by atoms with E-state index in [1.807, 2.05) is 24.3 Å². The van der Waals surface area contributed by atoms with E-state index in [9.17, 15) is 9.90 Å². The van der Waals surface area contributed by atoms with Gasteiger partial charge < -0.3 is 14.6 Å². The van der Waals surface area contributed by atoms with Crippen molar-refractivity contribution < 1.29 is 14.6 Å². The number of carbonyl (C=O) groups excluding carboxylic acids is 1. The Kier molecular flexibility index (Phi) is 3.55. The lowest BCUT2D eigenvalue weighted by atomic mass is 10.2. The molecule has 0 amide bonds. The van der Waals surface area contributed by atoms with Crippen molar-refractivity contribution in [2.24, 2.45) is 0 Å². The fourth-order valence-electron chi connectivity index (χ4n) is 2.40. The van der Waals surface area contributed by atoms with Gasteiger partial charge in [0.1, 0.15) is 5.52 Å². The first-order valence-electron chi connectivity index (χ1n) is 7.34. The first-order valence-corrected chi connectivity index (χ1v) is 7.34. The third-order valence-corrected chi connectivity index (χ3v) is 3.59. The number of rotatable bonds is 4. The summed E-state index contributed by atoms with van der Waals surface area (Å²) >= 11 is 0. The highest BCUT2D eigenvalue weighted by molar-refractivity contribution is 5.86. The van der Waals surface area contributed by atoms with Crippen LogP contribution in [0.15, 0.2) is 60.8 Å². The van der Waals surface area contributed by atoms with Gasteiger partial charge >= 0.3 is 6.01 Å². The maximum Gasteiger partial charge on any atom is 0.345 e. The number of pyridine rings is 1. The zero-order valence-corrected chi connectivity index (χ0v) is 12.7. The number of carbonyl (C=O) groups is 1. The van der Waals surface area contributed by atoms with Crippen molar-refractivity contribution in [2.75, 3.05) is 0 Å². The molecule has 0 spiro atoms. The number of hydrogen-bond donors (Lipinski definition) is 0. The van der Waals surface area contributed by atoms with Gasteiger partial charge in [0.25, 0.3) is 0 Å². The minimum Gasteiger partial charge on any atom is -0.545 e. The van der Waals surface area contributed by atoms with Gasteiger partial charge in [-0.15, -0.1) is 0 Å². The summed E-state index contributed by atoms with van der Waals surface area (Å²) in [5, 5.41) is 23.2. The average Bonchev–Trinajstić information content (AvgIpc) is 3.10. The third-order valence-electron chi connectivity index (χ3n) is 3.59. The minimum atomic E-state index is -1.25. The van der Waals surface area contributed by atoms with Crippen molar-refractivity contribution in [3.63, 3.8) is 0 Å². The summed E-state index contributed by atoms with van der Waals surface area (Å²) < 4.78 is 7.19. The van der Waals surface area contributed by atoms with Crippen LogP contribution in [-0.4, -0.2) is 31.2 Å². The molecule has 0 unspecified atom stereocenters. The van der Waals surface area contributed by atoms with Crippen molar-refractivity contribution in [1.82, 2.24) is 25.2 Å². The lowest BCUT2D eigenvalue weighted by Crippen LogP contribution is -2.22. The Bertz CT molecular complexity index is 1050. The van der Waals surface area contributed by atoms with E-state index in [0.717, 1.165) is 5.39 Å². The number of hydrogen-bond acceptors (Lipinski definition) is 7. The van der Waals surface area contributed by atoms with Crippen LogP contribution in [0.2, 0.25) is 0 Å². The molecule has 4 rings (SSSR count). The van der Waals surface area contributed by atoms with Gasteiger partial charge in [0, 0.05) is 11.6 Å². The SMILES string of the molecule is O=C([O-])c1ccc(-n2nnnc2Oc2cccc3cccnc23)cc1. The number of tetrazole rings is 1. The van der Waals surface area contributed by atoms with Crippen molar-refractivity contribution in [3.8, 4) is 17.4 Å². The monoisotopic (exact) mass is 332 g/mol. The van der Waals surface area contributed by atoms with E-state index in [2.05, 4.69) is 20.5 Å². The molecule has 2 heterocycles. The molecule has 25 heavy (non-hydrogen) atoms. The molecule has 0 atom stereocenters. The normalized spacial score (nSPS) is 10.7. The molecule has 2 aromatic heterocycles. The number of carboxylic acid groups (broad SMARTS) is 1. The smallest absolute Gasteiger partial charge is 0.345 e. The second kappa shape index (κ2) is 6.00. The number of ether oxygens (including phenoxy) is 1. The molecule has 0 N–H and O–H groups in total. The van der Waals surface area contributed by atoms with Crippen LogP contribution >= 0.6 is 0 Å². The molecule has 0 radical (unpaired) electrons. The van der Waals surface area contributed by atoms with Crippen LogP contribution in [-0.2, 0) is 0 Å². The Balaban J connectivity index is 1.71. The quantitative estimate of drug-likeness (QED) is 0.555. The molecule has 0 bridgehead atoms. The number of fused-ring (bicyclic) bond motifs is 1. The standard InChI is InChI=1S/C17H11N5O3/c23-16(24)12-6-8-13(9-7-12)22-17(19-20-21-22)25-14-5-1-3-11-4-2-10-18-15(11)14/h1-10H,(H,23,24)/p-1. The Hall–Kier alpha value is -3.81. The minimum absolute atomic E-state index is 0.0672. The highest BCUT2D eigenvalue weighted by Crippen LogP contribution is 2.27. The summed E-state index contributed by atoms with van der Waals surface area (Å²) in [4.78, 5) is 15.2. The molecule has 8 heteroatoms. The third kappa shape index (κ3) is 2.76. The molecule has 0 saturated heterocycles. The van der Waals surface area contributed by atoms with Gasteiger partial charge in [0.15, 0.2) is 5.75 Å². The van der Waals surface area contributed by atoms with E-state index in [1.54, 1.807) is 24.4 Å². The van der Waals surface area contributed by atoms with Gasteiger partial charge in [-0.3, -0.25) is 4.98 Å². The number of aromatic carboxylic acids is 1. The van der Waals surface area contributed by atoms with Crippen molar-refractivity contribution in [2.45, 2.75) is 0 Å². The summed E-state index contributed by atoms with van der Waals surface area (Å²) in [7, 11) is 0. The van der Waals surface area contributed by atoms with E-state index in [1.165, 1.54) is 16.8 Å². The molecule has 2 aromatic carbocycles. The fourth-order valence-corrected chi connectivity index (χ4v) is 2.40. The molecule has 0 aliphatic carbocycles. The molecule has 4 aromatic rings. The van der Waals surface area contributed by atoms with Crippen LogP contribution in [0, 0.1) is 0 Å². The first-order chi connectivity index (χ1) is 12.2. The average molecular weight is 332 g/mol. The van der Waals surface area contributed by atoms with E-state index in [-0.39, 0.29) is 11.6 Å². The molecule has 0 aliphatic rings. The van der Waals surface area contributed by atoms with Crippen molar-refractivity contribution >= 4 is 16.9 Å². The number of nitrogens with zero attached hydrogens (tertiary/aromatic N) is 5. The summed E-state index contributed by atoms with van der Waals surface area (Å²) in [6.07, 6.45) is 1.68. The Morgan fingerprint density at radius 1 is 1.04 bits per heavy atom. The van der Waals surface area contributed by atoms with Gasteiger partial charge in [-0.25, -0.2) is 0 Å². The number of carboxylic acids is 1. The molecule has 122 valence electrons. The molecule has 0 aliphatic heterocycles. The zero-order valence-electron chi connectivity index (χ0n) is 12.7. The lowest BCUT2D eigenvalue weighted by Gasteiger charge is -2.08. The van der Waals surface area contributed by atoms with Crippen molar-refractivity contribution in [1.29, 1.82) is 0 Å². The fraction of sp³-hybridized carbons (Fsp3) is 0. The van der Waals surface area contributed by atoms with E-state index < -0.39 is 5.97 Å². The zero-order chi connectivity index (χ0) is 17.2. The topological polar surface area (TPSA) is 106 Å². The number of aromatic nitrogens is 5. The molecule has 8 nitrogen and oxygen atoms in total. The van der Waals surface area contributed by atoms with Gasteiger partial charge in [-0.05, 0) is 40.3 Å². The van der Waals surface area contributed by atoms with Gasteiger partial charge in [-0.1, -0.05) is 35.4 Å². The predicted octanol–water partition coefficient (Wildman–Crippen LogP) is 1.37. The van der Waals surface area contributed by atoms with Crippen LogP contribution in [0.4, 0.5) is 0 Å². The summed E-state index contributed by atoms with van der Waals surface area (Å²) in [6, 6.07) is 15.4. The second-order valence-electron chi connectivity index (χ2n) is 5.14. The largest absolute Gasteiger partial charge is 0.545 e.